The maximum atomic E-state index is 11.9. The van der Waals surface area contributed by atoms with Gasteiger partial charge >= 0.3 is 0 Å². The van der Waals surface area contributed by atoms with Crippen molar-refractivity contribution in [1.29, 1.82) is 0 Å². The lowest BCUT2D eigenvalue weighted by atomic mass is 9.82. The van der Waals surface area contributed by atoms with Crippen molar-refractivity contribution < 1.29 is 4.79 Å². The summed E-state index contributed by atoms with van der Waals surface area (Å²) in [6.07, 6.45) is 5.44. The molecule has 5 nitrogen and oxygen atoms in total. The lowest BCUT2D eigenvalue weighted by Gasteiger charge is -2.24. The van der Waals surface area contributed by atoms with E-state index in [2.05, 4.69) is 20.5 Å². The third-order valence-corrected chi connectivity index (χ3v) is 4.41. The van der Waals surface area contributed by atoms with Crippen molar-refractivity contribution >= 4 is 11.9 Å². The molecule has 0 radical (unpaired) electrons. The summed E-state index contributed by atoms with van der Waals surface area (Å²) in [6, 6.07) is 0. The molecular formula is C16H30N4O. The number of hydrogen-bond donors (Lipinski definition) is 2. The third-order valence-electron chi connectivity index (χ3n) is 4.41. The summed E-state index contributed by atoms with van der Waals surface area (Å²) in [5.74, 6) is 2.52. The molecule has 0 aromatic carbocycles. The summed E-state index contributed by atoms with van der Waals surface area (Å²) in [7, 11) is 1.80. The van der Waals surface area contributed by atoms with Crippen LogP contribution in [-0.2, 0) is 4.79 Å². The molecule has 2 aliphatic rings. The number of guanidine groups is 1. The Morgan fingerprint density at radius 1 is 1.19 bits per heavy atom. The van der Waals surface area contributed by atoms with Gasteiger partial charge in [0.25, 0.3) is 0 Å². The standard InChI is InChI=1S/C16H30N4O/c1-16(2,3)19-14(21)9-18-15(17-4)20-10-12-7-5-6-8-13(12)11-20/h12-13H,5-11H2,1-4H3,(H,17,18)(H,19,21). The van der Waals surface area contributed by atoms with Crippen LogP contribution in [0.2, 0.25) is 0 Å². The molecule has 1 saturated carbocycles. The third kappa shape index (κ3) is 4.61. The molecule has 5 heteroatoms. The van der Waals surface area contributed by atoms with Gasteiger partial charge in [-0.2, -0.15) is 0 Å². The van der Waals surface area contributed by atoms with Crippen molar-refractivity contribution in [3.63, 3.8) is 0 Å². The van der Waals surface area contributed by atoms with Gasteiger partial charge < -0.3 is 15.5 Å². The Morgan fingerprint density at radius 3 is 2.24 bits per heavy atom. The van der Waals surface area contributed by atoms with Gasteiger partial charge in [0.05, 0.1) is 6.54 Å². The normalized spacial score (nSPS) is 26.5. The minimum Gasteiger partial charge on any atom is -0.350 e. The molecule has 2 fully saturated rings. The van der Waals surface area contributed by atoms with E-state index in [1.165, 1.54) is 25.7 Å². The number of rotatable bonds is 2. The molecule has 2 N–H and O–H groups in total. The van der Waals surface area contributed by atoms with Gasteiger partial charge in [0, 0.05) is 25.7 Å². The van der Waals surface area contributed by atoms with Crippen LogP contribution in [0.3, 0.4) is 0 Å². The van der Waals surface area contributed by atoms with Gasteiger partial charge in [-0.3, -0.25) is 9.79 Å². The Hall–Kier alpha value is -1.26. The summed E-state index contributed by atoms with van der Waals surface area (Å²) >= 11 is 0. The van der Waals surface area contributed by atoms with Crippen molar-refractivity contribution in [1.82, 2.24) is 15.5 Å². The van der Waals surface area contributed by atoms with Crippen LogP contribution in [0.25, 0.3) is 0 Å². The summed E-state index contributed by atoms with van der Waals surface area (Å²) in [4.78, 5) is 18.6. The van der Waals surface area contributed by atoms with Gasteiger partial charge in [0.2, 0.25) is 5.91 Å². The van der Waals surface area contributed by atoms with Crippen LogP contribution in [-0.4, -0.2) is 49.0 Å². The van der Waals surface area contributed by atoms with Crippen molar-refractivity contribution in [3.05, 3.63) is 0 Å². The fourth-order valence-electron chi connectivity index (χ4n) is 3.53. The maximum Gasteiger partial charge on any atom is 0.239 e. The van der Waals surface area contributed by atoms with E-state index < -0.39 is 0 Å². The number of hydrogen-bond acceptors (Lipinski definition) is 2. The second-order valence-electron chi connectivity index (χ2n) is 7.41. The van der Waals surface area contributed by atoms with Gasteiger partial charge in [-0.05, 0) is 45.4 Å². The minimum atomic E-state index is -0.190. The first-order valence-electron chi connectivity index (χ1n) is 8.15. The number of nitrogens with zero attached hydrogens (tertiary/aromatic N) is 2. The van der Waals surface area contributed by atoms with Gasteiger partial charge in [-0.1, -0.05) is 12.8 Å². The first-order chi connectivity index (χ1) is 9.89. The Morgan fingerprint density at radius 2 is 1.76 bits per heavy atom. The number of carbonyl (C=O) groups excluding carboxylic acids is 1. The van der Waals surface area contributed by atoms with Crippen molar-refractivity contribution in [3.8, 4) is 0 Å². The largest absolute Gasteiger partial charge is 0.350 e. The molecule has 0 spiro atoms. The van der Waals surface area contributed by atoms with Gasteiger partial charge in [0.15, 0.2) is 5.96 Å². The number of fused-ring (bicyclic) bond motifs is 1. The van der Waals surface area contributed by atoms with Crippen LogP contribution in [0, 0.1) is 11.8 Å². The Bertz CT molecular complexity index is 386. The zero-order chi connectivity index (χ0) is 15.5. The SMILES string of the molecule is CN=C(NCC(=O)NC(C)(C)C)N1CC2CCCCC2C1. The lowest BCUT2D eigenvalue weighted by molar-refractivity contribution is -0.121. The summed E-state index contributed by atoms with van der Waals surface area (Å²) in [6.45, 7) is 8.44. The predicted molar refractivity (Wildman–Crippen MR) is 86.3 cm³/mol. The van der Waals surface area contributed by atoms with Crippen molar-refractivity contribution in [2.75, 3.05) is 26.7 Å². The van der Waals surface area contributed by atoms with Gasteiger partial charge in [0.1, 0.15) is 0 Å². The molecule has 21 heavy (non-hydrogen) atoms. The number of likely N-dealkylation sites (tertiary alicyclic amines) is 1. The van der Waals surface area contributed by atoms with Crippen LogP contribution in [0.1, 0.15) is 46.5 Å². The summed E-state index contributed by atoms with van der Waals surface area (Å²) in [5.41, 5.74) is -0.190. The second kappa shape index (κ2) is 6.67. The van der Waals surface area contributed by atoms with E-state index in [4.69, 9.17) is 0 Å². The van der Waals surface area contributed by atoms with E-state index in [1.807, 2.05) is 20.8 Å². The fourth-order valence-corrected chi connectivity index (χ4v) is 3.53. The predicted octanol–water partition coefficient (Wildman–Crippen LogP) is 1.60. The molecule has 2 atom stereocenters. The molecule has 1 aliphatic heterocycles. The number of aliphatic imine (C=N–C) groups is 1. The minimum absolute atomic E-state index is 0.0141. The molecule has 1 amide bonds. The van der Waals surface area contributed by atoms with Crippen molar-refractivity contribution in [2.45, 2.75) is 52.0 Å². The van der Waals surface area contributed by atoms with Crippen LogP contribution in [0.5, 0.6) is 0 Å². The Balaban J connectivity index is 1.83. The van der Waals surface area contributed by atoms with Crippen LogP contribution >= 0.6 is 0 Å². The maximum absolute atomic E-state index is 11.9. The molecule has 0 bridgehead atoms. The molecule has 0 aromatic rings. The van der Waals surface area contributed by atoms with E-state index in [0.29, 0.717) is 0 Å². The highest BCUT2D eigenvalue weighted by atomic mass is 16.2. The van der Waals surface area contributed by atoms with E-state index >= 15 is 0 Å². The molecular weight excluding hydrogens is 264 g/mol. The van der Waals surface area contributed by atoms with E-state index in [1.54, 1.807) is 7.05 Å². The average molecular weight is 294 g/mol. The topological polar surface area (TPSA) is 56.7 Å². The fraction of sp³-hybridized carbons (Fsp3) is 0.875. The Kier molecular flexibility index (Phi) is 5.12. The molecule has 0 aromatic heterocycles. The zero-order valence-electron chi connectivity index (χ0n) is 13.9. The van der Waals surface area contributed by atoms with Gasteiger partial charge in [-0.15, -0.1) is 0 Å². The highest BCUT2D eigenvalue weighted by Crippen LogP contribution is 2.35. The number of nitrogens with one attached hydrogen (secondary N) is 2. The van der Waals surface area contributed by atoms with Crippen LogP contribution in [0.15, 0.2) is 4.99 Å². The first kappa shape index (κ1) is 16.1. The lowest BCUT2D eigenvalue weighted by Crippen LogP contribution is -2.48. The highest BCUT2D eigenvalue weighted by molar-refractivity contribution is 5.86. The zero-order valence-corrected chi connectivity index (χ0v) is 13.9. The smallest absolute Gasteiger partial charge is 0.239 e. The first-order valence-corrected chi connectivity index (χ1v) is 8.15. The molecule has 1 aliphatic carbocycles. The number of carbonyl (C=O) groups is 1. The van der Waals surface area contributed by atoms with E-state index in [9.17, 15) is 4.79 Å². The van der Waals surface area contributed by atoms with E-state index in [-0.39, 0.29) is 18.0 Å². The van der Waals surface area contributed by atoms with E-state index in [0.717, 1.165) is 30.9 Å². The monoisotopic (exact) mass is 294 g/mol. The summed E-state index contributed by atoms with van der Waals surface area (Å²) < 4.78 is 0. The molecule has 2 rings (SSSR count). The van der Waals surface area contributed by atoms with Crippen molar-refractivity contribution in [2.24, 2.45) is 16.8 Å². The molecule has 2 unspecified atom stereocenters. The summed E-state index contributed by atoms with van der Waals surface area (Å²) in [5, 5.41) is 6.17. The van der Waals surface area contributed by atoms with Crippen LogP contribution < -0.4 is 10.6 Å². The molecule has 1 saturated heterocycles. The average Bonchev–Trinajstić information content (AvgIpc) is 2.80. The second-order valence-corrected chi connectivity index (χ2v) is 7.41. The molecule has 1 heterocycles. The Labute approximate surface area is 128 Å². The number of amides is 1. The molecule has 120 valence electrons. The van der Waals surface area contributed by atoms with Gasteiger partial charge in [-0.25, -0.2) is 0 Å². The quantitative estimate of drug-likeness (QED) is 0.601. The van der Waals surface area contributed by atoms with Crippen LogP contribution in [0.4, 0.5) is 0 Å². The highest BCUT2D eigenvalue weighted by Gasteiger charge is 2.35.